The zero-order valence-corrected chi connectivity index (χ0v) is 9.26. The largest absolute Gasteiger partial charge is 0.270 e. The lowest BCUT2D eigenvalue weighted by molar-refractivity contribution is -0.143. The molecular formula is C11H17NO2. The molecule has 0 unspecified atom stereocenters. The fourth-order valence-corrected chi connectivity index (χ4v) is 1.88. The van der Waals surface area contributed by atoms with Gasteiger partial charge in [0.25, 0.3) is 11.8 Å². The van der Waals surface area contributed by atoms with Crippen LogP contribution in [0, 0.1) is 0 Å². The Morgan fingerprint density at radius 3 is 2.29 bits per heavy atom. The van der Waals surface area contributed by atoms with Gasteiger partial charge < -0.3 is 0 Å². The van der Waals surface area contributed by atoms with Crippen LogP contribution in [0.1, 0.15) is 40.5 Å². The average molecular weight is 195 g/mol. The highest BCUT2D eigenvalue weighted by molar-refractivity contribution is 6.16. The summed E-state index contributed by atoms with van der Waals surface area (Å²) in [6.07, 6.45) is 3.22. The van der Waals surface area contributed by atoms with Crippen LogP contribution in [0.25, 0.3) is 0 Å². The Bertz CT molecular complexity index is 302. The summed E-state index contributed by atoms with van der Waals surface area (Å²) in [5.41, 5.74) is 0.177. The Kier molecular flexibility index (Phi) is 2.79. The first-order valence-electron chi connectivity index (χ1n) is 4.97. The Morgan fingerprint density at radius 1 is 1.36 bits per heavy atom. The summed E-state index contributed by atoms with van der Waals surface area (Å²) in [6.45, 7) is 7.59. The lowest BCUT2D eigenvalue weighted by atomic mass is 9.96. The van der Waals surface area contributed by atoms with Crippen LogP contribution in [0.5, 0.6) is 0 Å². The summed E-state index contributed by atoms with van der Waals surface area (Å²) in [7, 11) is 0. The Labute approximate surface area is 84.8 Å². The molecule has 2 amide bonds. The molecule has 3 heteroatoms. The SMILES string of the molecule is CCCC(C)(C)N1C(=O)C=C(C)C1=O. The van der Waals surface area contributed by atoms with E-state index in [-0.39, 0.29) is 17.4 Å². The smallest absolute Gasteiger partial charge is 0.257 e. The van der Waals surface area contributed by atoms with E-state index in [9.17, 15) is 9.59 Å². The molecule has 1 aliphatic rings. The highest BCUT2D eigenvalue weighted by Gasteiger charge is 2.38. The number of imide groups is 1. The standard InChI is InChI=1S/C11H17NO2/c1-5-6-11(3,4)12-9(13)7-8(2)10(12)14/h7H,5-6H2,1-4H3. The summed E-state index contributed by atoms with van der Waals surface area (Å²) in [5.74, 6) is -0.320. The summed E-state index contributed by atoms with van der Waals surface area (Å²) >= 11 is 0. The average Bonchev–Trinajstić information content (AvgIpc) is 2.26. The summed E-state index contributed by atoms with van der Waals surface area (Å²) < 4.78 is 0. The molecule has 0 aromatic rings. The molecule has 1 heterocycles. The number of hydrogen-bond donors (Lipinski definition) is 0. The predicted molar refractivity (Wildman–Crippen MR) is 54.6 cm³/mol. The molecule has 0 aliphatic carbocycles. The van der Waals surface area contributed by atoms with E-state index >= 15 is 0 Å². The van der Waals surface area contributed by atoms with Gasteiger partial charge in [0.1, 0.15) is 0 Å². The van der Waals surface area contributed by atoms with Gasteiger partial charge in [0.2, 0.25) is 0 Å². The van der Waals surface area contributed by atoms with Gasteiger partial charge in [-0.1, -0.05) is 13.3 Å². The second-order valence-corrected chi connectivity index (χ2v) is 4.37. The third-order valence-electron chi connectivity index (χ3n) is 2.57. The molecule has 0 N–H and O–H groups in total. The monoisotopic (exact) mass is 195 g/mol. The molecular weight excluding hydrogens is 178 g/mol. The van der Waals surface area contributed by atoms with Gasteiger partial charge in [-0.05, 0) is 27.2 Å². The fraction of sp³-hybridized carbons (Fsp3) is 0.636. The zero-order chi connectivity index (χ0) is 10.9. The normalized spacial score (nSPS) is 17.7. The highest BCUT2D eigenvalue weighted by atomic mass is 16.2. The number of carbonyl (C=O) groups excluding carboxylic acids is 2. The number of hydrogen-bond acceptors (Lipinski definition) is 2. The van der Waals surface area contributed by atoms with Gasteiger partial charge in [-0.2, -0.15) is 0 Å². The fourth-order valence-electron chi connectivity index (χ4n) is 1.88. The maximum atomic E-state index is 11.7. The van der Waals surface area contributed by atoms with Crippen molar-refractivity contribution < 1.29 is 9.59 Å². The third-order valence-corrected chi connectivity index (χ3v) is 2.57. The minimum atomic E-state index is -0.364. The van der Waals surface area contributed by atoms with E-state index in [2.05, 4.69) is 0 Å². The van der Waals surface area contributed by atoms with Gasteiger partial charge in [0, 0.05) is 17.2 Å². The molecule has 0 radical (unpaired) electrons. The lowest BCUT2D eigenvalue weighted by Crippen LogP contribution is -2.47. The van der Waals surface area contributed by atoms with Crippen molar-refractivity contribution in [2.45, 2.75) is 46.1 Å². The molecule has 0 saturated carbocycles. The van der Waals surface area contributed by atoms with E-state index in [0.717, 1.165) is 12.8 Å². The topological polar surface area (TPSA) is 37.4 Å². The van der Waals surface area contributed by atoms with Crippen LogP contribution in [-0.2, 0) is 9.59 Å². The second kappa shape index (κ2) is 3.56. The van der Waals surface area contributed by atoms with E-state index < -0.39 is 0 Å². The van der Waals surface area contributed by atoms with Crippen molar-refractivity contribution >= 4 is 11.8 Å². The van der Waals surface area contributed by atoms with Gasteiger partial charge in [0.15, 0.2) is 0 Å². The molecule has 0 fully saturated rings. The molecule has 0 saturated heterocycles. The van der Waals surface area contributed by atoms with Crippen molar-refractivity contribution in [1.82, 2.24) is 4.90 Å². The Hall–Kier alpha value is -1.12. The molecule has 78 valence electrons. The van der Waals surface area contributed by atoms with Crippen LogP contribution in [-0.4, -0.2) is 22.3 Å². The minimum absolute atomic E-state index is 0.145. The van der Waals surface area contributed by atoms with Crippen LogP contribution in [0.4, 0.5) is 0 Å². The van der Waals surface area contributed by atoms with Gasteiger partial charge in [-0.3, -0.25) is 14.5 Å². The minimum Gasteiger partial charge on any atom is -0.270 e. The van der Waals surface area contributed by atoms with Crippen LogP contribution in [0.3, 0.4) is 0 Å². The van der Waals surface area contributed by atoms with Crippen molar-refractivity contribution in [3.63, 3.8) is 0 Å². The van der Waals surface area contributed by atoms with Crippen molar-refractivity contribution in [2.75, 3.05) is 0 Å². The van der Waals surface area contributed by atoms with Gasteiger partial charge in [-0.15, -0.1) is 0 Å². The lowest BCUT2D eigenvalue weighted by Gasteiger charge is -2.33. The van der Waals surface area contributed by atoms with Gasteiger partial charge in [0.05, 0.1) is 0 Å². The maximum Gasteiger partial charge on any atom is 0.257 e. The van der Waals surface area contributed by atoms with Crippen molar-refractivity contribution in [3.05, 3.63) is 11.6 Å². The Morgan fingerprint density at radius 2 is 1.93 bits per heavy atom. The van der Waals surface area contributed by atoms with E-state index in [0.29, 0.717) is 5.57 Å². The van der Waals surface area contributed by atoms with Crippen LogP contribution in [0.2, 0.25) is 0 Å². The molecule has 0 aromatic carbocycles. The number of nitrogens with zero attached hydrogens (tertiary/aromatic N) is 1. The second-order valence-electron chi connectivity index (χ2n) is 4.37. The van der Waals surface area contributed by atoms with Gasteiger partial charge in [-0.25, -0.2) is 0 Å². The van der Waals surface area contributed by atoms with E-state index in [1.54, 1.807) is 6.92 Å². The van der Waals surface area contributed by atoms with Crippen molar-refractivity contribution in [2.24, 2.45) is 0 Å². The molecule has 14 heavy (non-hydrogen) atoms. The zero-order valence-electron chi connectivity index (χ0n) is 9.26. The van der Waals surface area contributed by atoms with Crippen LogP contribution in [0.15, 0.2) is 11.6 Å². The highest BCUT2D eigenvalue weighted by Crippen LogP contribution is 2.26. The summed E-state index contributed by atoms with van der Waals surface area (Å²) in [4.78, 5) is 24.6. The van der Waals surface area contributed by atoms with Gasteiger partial charge >= 0.3 is 0 Å². The number of rotatable bonds is 3. The summed E-state index contributed by atoms with van der Waals surface area (Å²) in [5, 5.41) is 0. The van der Waals surface area contributed by atoms with E-state index in [4.69, 9.17) is 0 Å². The molecule has 1 rings (SSSR count). The first kappa shape index (κ1) is 11.0. The van der Waals surface area contributed by atoms with Crippen LogP contribution < -0.4 is 0 Å². The first-order valence-corrected chi connectivity index (χ1v) is 4.97. The van der Waals surface area contributed by atoms with Crippen molar-refractivity contribution in [3.8, 4) is 0 Å². The third kappa shape index (κ3) is 1.72. The predicted octanol–water partition coefficient (Wildman–Crippen LogP) is 1.88. The molecule has 0 bridgehead atoms. The quantitative estimate of drug-likeness (QED) is 0.645. The van der Waals surface area contributed by atoms with E-state index in [1.165, 1.54) is 11.0 Å². The molecule has 3 nitrogen and oxygen atoms in total. The molecule has 0 spiro atoms. The maximum absolute atomic E-state index is 11.7. The number of carbonyl (C=O) groups is 2. The van der Waals surface area contributed by atoms with E-state index in [1.807, 2.05) is 20.8 Å². The Balaban J connectivity index is 2.91. The molecule has 0 atom stereocenters. The summed E-state index contributed by atoms with van der Waals surface area (Å²) in [6, 6.07) is 0. The molecule has 1 aliphatic heterocycles. The molecule has 0 aromatic heterocycles. The van der Waals surface area contributed by atoms with Crippen molar-refractivity contribution in [1.29, 1.82) is 0 Å². The van der Waals surface area contributed by atoms with Crippen LogP contribution >= 0.6 is 0 Å². The first-order chi connectivity index (χ1) is 6.40. The number of amides is 2.